The third-order valence-corrected chi connectivity index (χ3v) is 3.60. The molecule has 0 saturated carbocycles. The van der Waals surface area contributed by atoms with E-state index >= 15 is 0 Å². The zero-order chi connectivity index (χ0) is 17.7. The molecule has 24 heavy (non-hydrogen) atoms. The van der Waals surface area contributed by atoms with Crippen LogP contribution in [0.25, 0.3) is 0 Å². The minimum atomic E-state index is -0.379. The first kappa shape index (κ1) is 17.5. The molecular weight excluding hydrogens is 304 g/mol. The lowest BCUT2D eigenvalue weighted by molar-refractivity contribution is 0.0954. The molecule has 5 heteroatoms. The van der Waals surface area contributed by atoms with Gasteiger partial charge >= 0.3 is 0 Å². The Kier molecular flexibility index (Phi) is 5.24. The molecule has 126 valence electrons. The highest BCUT2D eigenvalue weighted by Crippen LogP contribution is 2.26. The summed E-state index contributed by atoms with van der Waals surface area (Å²) in [5.41, 5.74) is 5.04. The number of ether oxygens (including phenoxy) is 1. The number of methoxy groups -OCH3 is 1. The minimum Gasteiger partial charge on any atom is -0.504 e. The standard InChI is InChI=1S/C19H22N2O3/c1-19(2,3)15-8-5-13(6-9-15)12-20-21-18(23)14-7-10-16(22)17(11-14)24-4/h5-12,22H,1-4H3,(H,21,23)/b20-12+. The number of carbonyl (C=O) groups excluding carboxylic acids is 1. The Morgan fingerprint density at radius 3 is 2.42 bits per heavy atom. The molecular formula is C19H22N2O3. The van der Waals surface area contributed by atoms with Crippen molar-refractivity contribution in [2.75, 3.05) is 7.11 Å². The number of hydrogen-bond donors (Lipinski definition) is 2. The predicted octanol–water partition coefficient (Wildman–Crippen LogP) is 3.46. The summed E-state index contributed by atoms with van der Waals surface area (Å²) < 4.78 is 4.98. The van der Waals surface area contributed by atoms with E-state index in [0.29, 0.717) is 5.56 Å². The number of benzene rings is 2. The molecule has 0 atom stereocenters. The Balaban J connectivity index is 2.02. The van der Waals surface area contributed by atoms with Gasteiger partial charge < -0.3 is 9.84 Å². The number of hydrazone groups is 1. The largest absolute Gasteiger partial charge is 0.504 e. The fraction of sp³-hybridized carbons (Fsp3) is 0.263. The van der Waals surface area contributed by atoms with Crippen LogP contribution in [0.3, 0.4) is 0 Å². The van der Waals surface area contributed by atoms with E-state index in [0.717, 1.165) is 5.56 Å². The van der Waals surface area contributed by atoms with Crippen molar-refractivity contribution in [1.29, 1.82) is 0 Å². The normalized spacial score (nSPS) is 11.5. The minimum absolute atomic E-state index is 0.0171. The second kappa shape index (κ2) is 7.17. The zero-order valence-corrected chi connectivity index (χ0v) is 14.3. The molecule has 0 fully saturated rings. The lowest BCUT2D eigenvalue weighted by atomic mass is 9.87. The molecule has 0 aliphatic carbocycles. The zero-order valence-electron chi connectivity index (χ0n) is 14.3. The van der Waals surface area contributed by atoms with Crippen LogP contribution in [0.1, 0.15) is 42.3 Å². The summed E-state index contributed by atoms with van der Waals surface area (Å²) in [5, 5.41) is 13.5. The van der Waals surface area contributed by atoms with Gasteiger partial charge in [0.2, 0.25) is 0 Å². The molecule has 0 aromatic heterocycles. The first-order chi connectivity index (χ1) is 11.3. The second-order valence-corrected chi connectivity index (χ2v) is 6.46. The van der Waals surface area contributed by atoms with Crippen molar-refractivity contribution in [1.82, 2.24) is 5.43 Å². The first-order valence-electron chi connectivity index (χ1n) is 7.62. The van der Waals surface area contributed by atoms with Crippen LogP contribution in [0.15, 0.2) is 47.6 Å². The molecule has 2 aromatic rings. The van der Waals surface area contributed by atoms with Crippen molar-refractivity contribution in [3.8, 4) is 11.5 Å². The molecule has 0 heterocycles. The number of amides is 1. The number of phenols is 1. The van der Waals surface area contributed by atoms with Gasteiger partial charge in [-0.05, 0) is 34.7 Å². The van der Waals surface area contributed by atoms with E-state index in [4.69, 9.17) is 4.74 Å². The lowest BCUT2D eigenvalue weighted by Gasteiger charge is -2.18. The molecule has 0 unspecified atom stereocenters. The molecule has 0 bridgehead atoms. The van der Waals surface area contributed by atoms with Crippen molar-refractivity contribution in [2.24, 2.45) is 5.10 Å². The Morgan fingerprint density at radius 1 is 1.17 bits per heavy atom. The topological polar surface area (TPSA) is 70.9 Å². The Hall–Kier alpha value is -2.82. The molecule has 0 saturated heterocycles. The van der Waals surface area contributed by atoms with E-state index in [-0.39, 0.29) is 22.8 Å². The van der Waals surface area contributed by atoms with E-state index in [1.54, 1.807) is 6.21 Å². The second-order valence-electron chi connectivity index (χ2n) is 6.46. The summed E-state index contributed by atoms with van der Waals surface area (Å²) in [7, 11) is 1.43. The van der Waals surface area contributed by atoms with E-state index in [9.17, 15) is 9.90 Å². The molecule has 5 nitrogen and oxygen atoms in total. The maximum Gasteiger partial charge on any atom is 0.271 e. The van der Waals surface area contributed by atoms with Crippen molar-refractivity contribution in [3.05, 3.63) is 59.2 Å². The predicted molar refractivity (Wildman–Crippen MR) is 94.9 cm³/mol. The van der Waals surface area contributed by atoms with Crippen LogP contribution in [0.2, 0.25) is 0 Å². The van der Waals surface area contributed by atoms with Gasteiger partial charge in [0.1, 0.15) is 0 Å². The Bertz CT molecular complexity index is 744. The molecule has 2 rings (SSSR count). The van der Waals surface area contributed by atoms with Gasteiger partial charge in [-0.1, -0.05) is 45.0 Å². The number of hydrogen-bond acceptors (Lipinski definition) is 4. The molecule has 2 aromatic carbocycles. The first-order valence-corrected chi connectivity index (χ1v) is 7.62. The van der Waals surface area contributed by atoms with Crippen LogP contribution in [0.5, 0.6) is 11.5 Å². The maximum absolute atomic E-state index is 12.0. The van der Waals surface area contributed by atoms with Gasteiger partial charge in [0.05, 0.1) is 13.3 Å². The summed E-state index contributed by atoms with van der Waals surface area (Å²) >= 11 is 0. The monoisotopic (exact) mass is 326 g/mol. The van der Waals surface area contributed by atoms with Crippen LogP contribution in [0, 0.1) is 0 Å². The molecule has 0 aliphatic rings. The summed E-state index contributed by atoms with van der Waals surface area (Å²) in [6.45, 7) is 6.47. The van der Waals surface area contributed by atoms with Crippen LogP contribution in [-0.4, -0.2) is 24.3 Å². The average Bonchev–Trinajstić information content (AvgIpc) is 2.55. The third kappa shape index (κ3) is 4.35. The Morgan fingerprint density at radius 2 is 1.83 bits per heavy atom. The van der Waals surface area contributed by atoms with E-state index in [1.807, 2.05) is 24.3 Å². The molecule has 0 spiro atoms. The summed E-state index contributed by atoms with van der Waals surface area (Å²) in [6, 6.07) is 12.4. The highest BCUT2D eigenvalue weighted by Gasteiger charge is 2.12. The van der Waals surface area contributed by atoms with Crippen LogP contribution < -0.4 is 10.2 Å². The third-order valence-electron chi connectivity index (χ3n) is 3.60. The van der Waals surface area contributed by atoms with Crippen LogP contribution in [-0.2, 0) is 5.41 Å². The van der Waals surface area contributed by atoms with Crippen LogP contribution >= 0.6 is 0 Å². The van der Waals surface area contributed by atoms with Gasteiger partial charge in [-0.2, -0.15) is 5.10 Å². The molecule has 0 aliphatic heterocycles. The summed E-state index contributed by atoms with van der Waals surface area (Å²) in [5.74, 6) is -0.156. The van der Waals surface area contributed by atoms with Gasteiger partial charge in [0, 0.05) is 5.56 Å². The lowest BCUT2D eigenvalue weighted by Crippen LogP contribution is -2.17. The summed E-state index contributed by atoms with van der Waals surface area (Å²) in [4.78, 5) is 12.0. The summed E-state index contributed by atoms with van der Waals surface area (Å²) in [6.07, 6.45) is 1.59. The highest BCUT2D eigenvalue weighted by atomic mass is 16.5. The number of nitrogens with one attached hydrogen (secondary N) is 1. The van der Waals surface area contributed by atoms with Crippen molar-refractivity contribution in [2.45, 2.75) is 26.2 Å². The Labute approximate surface area is 142 Å². The number of rotatable bonds is 4. The number of carbonyl (C=O) groups is 1. The van der Waals surface area contributed by atoms with Crippen molar-refractivity contribution in [3.63, 3.8) is 0 Å². The smallest absolute Gasteiger partial charge is 0.271 e. The fourth-order valence-corrected chi connectivity index (χ4v) is 2.12. The van der Waals surface area contributed by atoms with Crippen LogP contribution in [0.4, 0.5) is 0 Å². The van der Waals surface area contributed by atoms with Gasteiger partial charge in [0.25, 0.3) is 5.91 Å². The molecule has 1 amide bonds. The van der Waals surface area contributed by atoms with Crippen molar-refractivity contribution >= 4 is 12.1 Å². The quantitative estimate of drug-likeness (QED) is 0.667. The van der Waals surface area contributed by atoms with Gasteiger partial charge in [-0.15, -0.1) is 0 Å². The maximum atomic E-state index is 12.0. The average molecular weight is 326 g/mol. The molecule has 2 N–H and O–H groups in total. The van der Waals surface area contributed by atoms with Gasteiger partial charge in [-0.25, -0.2) is 5.43 Å². The number of phenolic OH excluding ortho intramolecular Hbond substituents is 1. The fourth-order valence-electron chi connectivity index (χ4n) is 2.12. The van der Waals surface area contributed by atoms with Crippen molar-refractivity contribution < 1.29 is 14.6 Å². The van der Waals surface area contributed by atoms with Gasteiger partial charge in [-0.3, -0.25) is 4.79 Å². The molecule has 0 radical (unpaired) electrons. The van der Waals surface area contributed by atoms with E-state index in [2.05, 4.69) is 31.3 Å². The highest BCUT2D eigenvalue weighted by molar-refractivity contribution is 5.95. The van der Waals surface area contributed by atoms with E-state index in [1.165, 1.54) is 30.9 Å². The number of aromatic hydroxyl groups is 1. The van der Waals surface area contributed by atoms with Gasteiger partial charge in [0.15, 0.2) is 11.5 Å². The van der Waals surface area contributed by atoms with E-state index < -0.39 is 0 Å². The SMILES string of the molecule is COc1cc(C(=O)N/N=C/c2ccc(C(C)(C)C)cc2)ccc1O. The number of nitrogens with zero attached hydrogens (tertiary/aromatic N) is 1.